The molecule has 140 valence electrons. The predicted octanol–water partition coefficient (Wildman–Crippen LogP) is 3.79. The van der Waals surface area contributed by atoms with Crippen LogP contribution in [0.1, 0.15) is 5.69 Å². The van der Waals surface area contributed by atoms with Crippen LogP contribution < -0.4 is 0 Å². The van der Waals surface area contributed by atoms with E-state index < -0.39 is 39.6 Å². The van der Waals surface area contributed by atoms with Crippen molar-refractivity contribution in [2.75, 3.05) is 0 Å². The van der Waals surface area contributed by atoms with Crippen LogP contribution >= 0.6 is 0 Å². The molecule has 1 aromatic heterocycles. The minimum Gasteiger partial charge on any atom is -0.504 e. The van der Waals surface area contributed by atoms with Gasteiger partial charge < -0.3 is 15.3 Å². The standard InChI is InChI=1S/C16H10F3N3O5/c17-16(18,19)15-11(7-1-3-8(4-2-7)22(26)27)12(20-21-15)9-5-6-10(23)14(25)13(9)24/h1-6,23-25H,(H,20,21). The first-order chi connectivity index (χ1) is 12.6. The summed E-state index contributed by atoms with van der Waals surface area (Å²) in [6, 6.07) is 6.33. The number of benzene rings is 2. The van der Waals surface area contributed by atoms with Crippen molar-refractivity contribution in [2.45, 2.75) is 6.18 Å². The topological polar surface area (TPSA) is 133 Å². The van der Waals surface area contributed by atoms with Crippen LogP contribution in [0.5, 0.6) is 17.2 Å². The summed E-state index contributed by atoms with van der Waals surface area (Å²) in [7, 11) is 0. The Kier molecular flexibility index (Phi) is 4.14. The first kappa shape index (κ1) is 18.0. The second-order valence-electron chi connectivity index (χ2n) is 5.45. The Morgan fingerprint density at radius 2 is 1.63 bits per heavy atom. The van der Waals surface area contributed by atoms with Crippen molar-refractivity contribution in [2.24, 2.45) is 0 Å². The molecule has 0 saturated carbocycles. The average Bonchev–Trinajstić information content (AvgIpc) is 3.05. The number of hydrogen-bond donors (Lipinski definition) is 4. The summed E-state index contributed by atoms with van der Waals surface area (Å²) in [4.78, 5) is 10.1. The molecule has 0 saturated heterocycles. The number of nitrogens with zero attached hydrogens (tertiary/aromatic N) is 2. The number of halogens is 3. The molecule has 2 aromatic carbocycles. The lowest BCUT2D eigenvalue weighted by Gasteiger charge is -2.11. The van der Waals surface area contributed by atoms with E-state index in [0.717, 1.165) is 36.4 Å². The van der Waals surface area contributed by atoms with Gasteiger partial charge in [0.2, 0.25) is 5.75 Å². The quantitative estimate of drug-likeness (QED) is 0.310. The SMILES string of the molecule is O=[N+]([O-])c1ccc(-c2c(-c3ccc(O)c(O)c3O)n[nH]c2C(F)(F)F)cc1. The van der Waals surface area contributed by atoms with Gasteiger partial charge in [0.15, 0.2) is 11.5 Å². The molecule has 4 N–H and O–H groups in total. The van der Waals surface area contributed by atoms with E-state index in [1.807, 2.05) is 5.10 Å². The third-order valence-electron chi connectivity index (χ3n) is 3.80. The summed E-state index contributed by atoms with van der Waals surface area (Å²) >= 11 is 0. The van der Waals surface area contributed by atoms with Crippen LogP contribution in [0.3, 0.4) is 0 Å². The van der Waals surface area contributed by atoms with E-state index >= 15 is 0 Å². The first-order valence-corrected chi connectivity index (χ1v) is 7.26. The zero-order chi connectivity index (χ0) is 19.9. The average molecular weight is 381 g/mol. The Hall–Kier alpha value is -3.76. The van der Waals surface area contributed by atoms with Gasteiger partial charge >= 0.3 is 6.18 Å². The molecule has 3 aromatic rings. The Morgan fingerprint density at radius 3 is 2.19 bits per heavy atom. The minimum atomic E-state index is -4.84. The highest BCUT2D eigenvalue weighted by molar-refractivity contribution is 5.87. The van der Waals surface area contributed by atoms with Crippen LogP contribution in [-0.2, 0) is 6.18 Å². The van der Waals surface area contributed by atoms with Gasteiger partial charge in [-0.1, -0.05) is 0 Å². The maximum Gasteiger partial charge on any atom is 0.433 e. The largest absolute Gasteiger partial charge is 0.504 e. The molecule has 3 rings (SSSR count). The molecule has 0 aliphatic rings. The first-order valence-electron chi connectivity index (χ1n) is 7.26. The number of phenolic OH excluding ortho intramolecular Hbond substituents is 3. The maximum atomic E-state index is 13.4. The number of nitro groups is 1. The van der Waals surface area contributed by atoms with Crippen molar-refractivity contribution in [1.82, 2.24) is 10.2 Å². The third-order valence-corrected chi connectivity index (χ3v) is 3.80. The van der Waals surface area contributed by atoms with E-state index in [4.69, 9.17) is 0 Å². The van der Waals surface area contributed by atoms with Crippen LogP contribution in [0.4, 0.5) is 18.9 Å². The molecule has 1 heterocycles. The number of rotatable bonds is 3. The lowest BCUT2D eigenvalue weighted by molar-refractivity contribution is -0.384. The van der Waals surface area contributed by atoms with Gasteiger partial charge in [-0.15, -0.1) is 0 Å². The van der Waals surface area contributed by atoms with Crippen LogP contribution in [0.25, 0.3) is 22.4 Å². The van der Waals surface area contributed by atoms with E-state index in [2.05, 4.69) is 5.10 Å². The zero-order valence-corrected chi connectivity index (χ0v) is 13.2. The number of non-ortho nitro benzene ring substituents is 1. The van der Waals surface area contributed by atoms with Crippen LogP contribution in [0.2, 0.25) is 0 Å². The maximum absolute atomic E-state index is 13.4. The molecular formula is C16H10F3N3O5. The highest BCUT2D eigenvalue weighted by Gasteiger charge is 2.38. The van der Waals surface area contributed by atoms with Crippen molar-refractivity contribution < 1.29 is 33.4 Å². The van der Waals surface area contributed by atoms with Gasteiger partial charge in [-0.3, -0.25) is 15.2 Å². The Morgan fingerprint density at radius 1 is 1.00 bits per heavy atom. The van der Waals surface area contributed by atoms with Crippen LogP contribution in [0, 0.1) is 10.1 Å². The number of alkyl halides is 3. The molecule has 8 nitrogen and oxygen atoms in total. The molecule has 0 unspecified atom stereocenters. The van der Waals surface area contributed by atoms with Crippen molar-refractivity contribution in [1.29, 1.82) is 0 Å². The van der Waals surface area contributed by atoms with Crippen molar-refractivity contribution in [3.63, 3.8) is 0 Å². The van der Waals surface area contributed by atoms with Gasteiger partial charge in [-0.2, -0.15) is 18.3 Å². The number of nitro benzene ring substituents is 1. The van der Waals surface area contributed by atoms with Gasteiger partial charge in [-0.25, -0.2) is 0 Å². The fraction of sp³-hybridized carbons (Fsp3) is 0.0625. The molecule has 11 heteroatoms. The Balaban J connectivity index is 2.27. The Bertz CT molecular complexity index is 1030. The van der Waals surface area contributed by atoms with Crippen LogP contribution in [-0.4, -0.2) is 30.4 Å². The highest BCUT2D eigenvalue weighted by Crippen LogP contribution is 2.47. The summed E-state index contributed by atoms with van der Waals surface area (Å²) in [5, 5.41) is 45.2. The molecule has 0 radical (unpaired) electrons. The van der Waals surface area contributed by atoms with E-state index in [-0.39, 0.29) is 22.5 Å². The normalized spacial score (nSPS) is 11.5. The number of aromatic hydroxyl groups is 3. The number of aromatic nitrogens is 2. The summed E-state index contributed by atoms with van der Waals surface area (Å²) in [6.45, 7) is 0. The van der Waals surface area contributed by atoms with E-state index in [0.29, 0.717) is 0 Å². The van der Waals surface area contributed by atoms with Crippen molar-refractivity contribution in [3.05, 3.63) is 52.2 Å². The molecule has 0 bridgehead atoms. The van der Waals surface area contributed by atoms with E-state index in [1.165, 1.54) is 0 Å². The highest BCUT2D eigenvalue weighted by atomic mass is 19.4. The summed E-state index contributed by atoms with van der Waals surface area (Å²) in [5.41, 5.74) is -2.71. The smallest absolute Gasteiger partial charge is 0.433 e. The summed E-state index contributed by atoms with van der Waals surface area (Å²) < 4.78 is 40.1. The van der Waals surface area contributed by atoms with Gasteiger partial charge in [0.05, 0.1) is 4.92 Å². The van der Waals surface area contributed by atoms with Gasteiger partial charge in [0.1, 0.15) is 11.4 Å². The Labute approximate surface area is 148 Å². The van der Waals surface area contributed by atoms with Gasteiger partial charge in [0.25, 0.3) is 5.69 Å². The third kappa shape index (κ3) is 3.10. The summed E-state index contributed by atoms with van der Waals surface area (Å²) in [6.07, 6.45) is -4.84. The molecular weight excluding hydrogens is 371 g/mol. The second-order valence-corrected chi connectivity index (χ2v) is 5.45. The van der Waals surface area contributed by atoms with Crippen molar-refractivity contribution >= 4 is 5.69 Å². The number of H-pyrrole nitrogens is 1. The minimum absolute atomic E-state index is 0.0522. The number of hydrogen-bond acceptors (Lipinski definition) is 6. The van der Waals surface area contributed by atoms with Gasteiger partial charge in [0, 0.05) is 23.3 Å². The molecule has 0 aliphatic heterocycles. The summed E-state index contributed by atoms with van der Waals surface area (Å²) in [5.74, 6) is -2.45. The fourth-order valence-electron chi connectivity index (χ4n) is 2.53. The fourth-order valence-corrected chi connectivity index (χ4v) is 2.53. The molecule has 0 atom stereocenters. The number of aromatic amines is 1. The molecule has 0 fully saturated rings. The number of nitrogens with one attached hydrogen (secondary N) is 1. The van der Waals surface area contributed by atoms with E-state index in [9.17, 15) is 38.6 Å². The van der Waals surface area contributed by atoms with Crippen LogP contribution in [0.15, 0.2) is 36.4 Å². The zero-order valence-electron chi connectivity index (χ0n) is 13.2. The van der Waals surface area contributed by atoms with Crippen molar-refractivity contribution in [3.8, 4) is 39.6 Å². The second kappa shape index (κ2) is 6.20. The monoisotopic (exact) mass is 381 g/mol. The lowest BCUT2D eigenvalue weighted by atomic mass is 9.97. The van der Waals surface area contributed by atoms with E-state index in [1.54, 1.807) is 0 Å². The predicted molar refractivity (Wildman–Crippen MR) is 86.1 cm³/mol. The molecule has 27 heavy (non-hydrogen) atoms. The molecule has 0 spiro atoms. The lowest BCUT2D eigenvalue weighted by Crippen LogP contribution is -2.07. The number of phenols is 3. The van der Waals surface area contributed by atoms with Gasteiger partial charge in [-0.05, 0) is 29.8 Å². The molecule has 0 amide bonds. The molecule has 0 aliphatic carbocycles.